The molecule has 2 aromatic rings. The van der Waals surface area contributed by atoms with Gasteiger partial charge in [0, 0.05) is 0 Å². The van der Waals surface area contributed by atoms with Crippen LogP contribution in [0.1, 0.15) is 9.67 Å². The molecule has 1 aromatic heterocycles. The zero-order valence-electron chi connectivity index (χ0n) is 8.21. The Kier molecular flexibility index (Phi) is 3.65. The van der Waals surface area contributed by atoms with E-state index in [1.165, 1.54) is 11.3 Å². The van der Waals surface area contributed by atoms with Crippen LogP contribution in [-0.2, 0) is 3.74 Å². The average Bonchev–Trinajstić information content (AvgIpc) is 2.83. The average molecular weight is 293 g/mol. The first-order valence-electron chi connectivity index (χ1n) is 4.58. The molecule has 0 atom stereocenters. The number of benzene rings is 1. The van der Waals surface area contributed by atoms with Crippen LogP contribution in [0.3, 0.4) is 0 Å². The molecule has 2 rings (SSSR count). The number of carbonyl (C=O) groups excluding carboxylic acids is 1. The predicted octanol–water partition coefficient (Wildman–Crippen LogP) is 1.68. The number of hydrogen-bond donors (Lipinski definition) is 1. The Morgan fingerprint density at radius 3 is 2.50 bits per heavy atom. The fourth-order valence-electron chi connectivity index (χ4n) is 1.21. The van der Waals surface area contributed by atoms with Gasteiger partial charge in [0.05, 0.1) is 0 Å². The number of carbonyl (C=O) groups is 1. The Balaban J connectivity index is 2.09. The second-order valence-electron chi connectivity index (χ2n) is 3.07. The minimum atomic E-state index is -0.991. The van der Waals surface area contributed by atoms with Crippen molar-refractivity contribution in [2.75, 3.05) is 5.32 Å². The maximum atomic E-state index is 11.7. The molecule has 0 saturated heterocycles. The molecule has 80 valence electrons. The van der Waals surface area contributed by atoms with Crippen molar-refractivity contribution in [1.82, 2.24) is 0 Å². The summed E-state index contributed by atoms with van der Waals surface area (Å²) < 4.78 is 11.5. The summed E-state index contributed by atoms with van der Waals surface area (Å²) in [6.07, 6.45) is 0. The number of thiophene rings is 1. The molecule has 3 nitrogen and oxygen atoms in total. The van der Waals surface area contributed by atoms with E-state index in [1.54, 1.807) is 30.3 Å². The van der Waals surface area contributed by atoms with Gasteiger partial charge in [0.25, 0.3) is 0 Å². The van der Waals surface area contributed by atoms with Crippen LogP contribution in [0.25, 0.3) is 0 Å². The summed E-state index contributed by atoms with van der Waals surface area (Å²) in [7, 11) is 0. The number of amides is 1. The first-order valence-corrected chi connectivity index (χ1v) is 7.16. The molecule has 1 aromatic carbocycles. The van der Waals surface area contributed by atoms with E-state index in [0.717, 1.165) is 10.0 Å². The molecule has 0 aliphatic rings. The molecule has 0 spiro atoms. The van der Waals surface area contributed by atoms with Gasteiger partial charge in [0.15, 0.2) is 0 Å². The zero-order valence-corrected chi connectivity index (χ0v) is 10.9. The molecule has 0 saturated carbocycles. The number of anilines is 1. The summed E-state index contributed by atoms with van der Waals surface area (Å²) in [5.41, 5.74) is 0.719. The Bertz CT molecular complexity index is 493. The standard InChI is InChI=1S/C11H8AsNO2S/c14-11(10-2-1-7-16-10)13-9-5-3-8(12-15)4-6-9/h1-7H,(H,13,14). The van der Waals surface area contributed by atoms with Gasteiger partial charge in [-0.25, -0.2) is 0 Å². The molecule has 0 aliphatic heterocycles. The van der Waals surface area contributed by atoms with Gasteiger partial charge in [-0.2, -0.15) is 0 Å². The molecule has 0 bridgehead atoms. The van der Waals surface area contributed by atoms with E-state index in [0.29, 0.717) is 4.88 Å². The normalized spacial score (nSPS) is 10.2. The summed E-state index contributed by atoms with van der Waals surface area (Å²) in [6, 6.07) is 10.7. The first kappa shape index (κ1) is 11.2. The minimum absolute atomic E-state index is 0.113. The fourth-order valence-corrected chi connectivity index (χ4v) is 2.39. The van der Waals surface area contributed by atoms with Gasteiger partial charge in [-0.15, -0.1) is 0 Å². The van der Waals surface area contributed by atoms with Crippen molar-refractivity contribution in [2.24, 2.45) is 0 Å². The zero-order chi connectivity index (χ0) is 11.4. The topological polar surface area (TPSA) is 46.2 Å². The van der Waals surface area contributed by atoms with Crippen molar-refractivity contribution in [3.05, 3.63) is 46.7 Å². The van der Waals surface area contributed by atoms with Crippen LogP contribution in [0.4, 0.5) is 5.69 Å². The van der Waals surface area contributed by atoms with Gasteiger partial charge in [-0.3, -0.25) is 0 Å². The molecule has 5 heteroatoms. The molecular weight excluding hydrogens is 285 g/mol. The third-order valence-electron chi connectivity index (χ3n) is 1.98. The molecular formula is C11H8AsNO2S. The van der Waals surface area contributed by atoms with Crippen LogP contribution in [0.15, 0.2) is 41.8 Å². The van der Waals surface area contributed by atoms with Crippen LogP contribution >= 0.6 is 11.3 Å². The second-order valence-corrected chi connectivity index (χ2v) is 5.48. The summed E-state index contributed by atoms with van der Waals surface area (Å²) >= 11 is 0.409. The van der Waals surface area contributed by atoms with E-state index >= 15 is 0 Å². The van der Waals surface area contributed by atoms with Crippen molar-refractivity contribution in [2.45, 2.75) is 0 Å². The fraction of sp³-hybridized carbons (Fsp3) is 0. The molecule has 1 N–H and O–H groups in total. The first-order chi connectivity index (χ1) is 7.79. The third kappa shape index (κ3) is 2.65. The van der Waals surface area contributed by atoms with Crippen molar-refractivity contribution in [3.8, 4) is 0 Å². The second kappa shape index (κ2) is 5.19. The monoisotopic (exact) mass is 293 g/mol. The number of hydrogen-bond acceptors (Lipinski definition) is 3. The van der Waals surface area contributed by atoms with Crippen molar-refractivity contribution in [1.29, 1.82) is 0 Å². The van der Waals surface area contributed by atoms with Gasteiger partial charge < -0.3 is 0 Å². The van der Waals surface area contributed by atoms with Gasteiger partial charge in [0.2, 0.25) is 0 Å². The quantitative estimate of drug-likeness (QED) is 0.875. The van der Waals surface area contributed by atoms with Crippen LogP contribution in [0.5, 0.6) is 0 Å². The predicted molar refractivity (Wildman–Crippen MR) is 64.8 cm³/mol. The molecule has 0 aliphatic carbocycles. The Morgan fingerprint density at radius 1 is 1.19 bits per heavy atom. The Labute approximate surface area is 103 Å². The molecule has 0 radical (unpaired) electrons. The van der Waals surface area contributed by atoms with Crippen LogP contribution in [-0.4, -0.2) is 21.6 Å². The van der Waals surface area contributed by atoms with E-state index in [9.17, 15) is 8.53 Å². The van der Waals surface area contributed by atoms with E-state index in [4.69, 9.17) is 0 Å². The maximum absolute atomic E-state index is 11.7. The van der Waals surface area contributed by atoms with Gasteiger partial charge in [0.1, 0.15) is 0 Å². The van der Waals surface area contributed by atoms with Crippen molar-refractivity contribution in [3.63, 3.8) is 0 Å². The molecule has 16 heavy (non-hydrogen) atoms. The number of nitrogens with one attached hydrogen (secondary N) is 1. The summed E-state index contributed by atoms with van der Waals surface area (Å²) in [5.74, 6) is -0.113. The van der Waals surface area contributed by atoms with Crippen molar-refractivity contribution < 1.29 is 8.53 Å². The molecule has 1 amide bonds. The molecule has 0 fully saturated rings. The SMILES string of the molecule is O=[As]c1ccc(NC(=O)c2cccs2)cc1. The Hall–Kier alpha value is -1.25. The van der Waals surface area contributed by atoms with E-state index in [1.807, 2.05) is 11.4 Å². The van der Waals surface area contributed by atoms with E-state index in [-0.39, 0.29) is 5.91 Å². The molecule has 1 heterocycles. The third-order valence-corrected chi connectivity index (χ3v) is 3.91. The summed E-state index contributed by atoms with van der Waals surface area (Å²) in [6.45, 7) is 0. The van der Waals surface area contributed by atoms with E-state index in [2.05, 4.69) is 5.32 Å². The van der Waals surface area contributed by atoms with Crippen LogP contribution in [0.2, 0.25) is 0 Å². The summed E-state index contributed by atoms with van der Waals surface area (Å²) in [5, 5.41) is 4.64. The van der Waals surface area contributed by atoms with Gasteiger partial charge in [-0.05, 0) is 0 Å². The van der Waals surface area contributed by atoms with Crippen molar-refractivity contribution >= 4 is 43.0 Å². The van der Waals surface area contributed by atoms with E-state index < -0.39 is 15.7 Å². The number of rotatable bonds is 3. The Morgan fingerprint density at radius 2 is 1.94 bits per heavy atom. The van der Waals surface area contributed by atoms with Crippen LogP contribution < -0.4 is 9.67 Å². The summed E-state index contributed by atoms with van der Waals surface area (Å²) in [4.78, 5) is 12.4. The van der Waals surface area contributed by atoms with Gasteiger partial charge >= 0.3 is 103 Å². The van der Waals surface area contributed by atoms with Gasteiger partial charge in [-0.1, -0.05) is 0 Å². The van der Waals surface area contributed by atoms with Crippen LogP contribution in [0, 0.1) is 0 Å². The molecule has 0 unspecified atom stereocenters.